The van der Waals surface area contributed by atoms with Crippen molar-refractivity contribution in [3.63, 3.8) is 0 Å². The van der Waals surface area contributed by atoms with E-state index in [1.54, 1.807) is 0 Å². The average Bonchev–Trinajstić information content (AvgIpc) is 1.64. The summed E-state index contributed by atoms with van der Waals surface area (Å²) in [6.45, 7) is 9.90. The van der Waals surface area contributed by atoms with Crippen LogP contribution in [0.3, 0.4) is 0 Å². The summed E-state index contributed by atoms with van der Waals surface area (Å²) in [5.74, 6) is 0. The highest BCUT2D eigenvalue weighted by Crippen LogP contribution is 1.87. The summed E-state index contributed by atoms with van der Waals surface area (Å²) in [6.07, 6.45) is 0. The summed E-state index contributed by atoms with van der Waals surface area (Å²) in [6, 6.07) is 0. The standard InChI is InChI=1S/C7H14N/c1-6(2)8(5)7(3)4/h1H2,2-5H3/q+1. The molecule has 0 spiro atoms. The summed E-state index contributed by atoms with van der Waals surface area (Å²) < 4.78 is 2.06. The van der Waals surface area contributed by atoms with E-state index in [0.29, 0.717) is 0 Å². The molecule has 0 unspecified atom stereocenters. The van der Waals surface area contributed by atoms with Crippen LogP contribution in [0.2, 0.25) is 0 Å². The first-order valence-corrected chi connectivity index (χ1v) is 2.75. The topological polar surface area (TPSA) is 3.01 Å². The van der Waals surface area contributed by atoms with Crippen molar-refractivity contribution in [1.82, 2.24) is 0 Å². The molecule has 0 saturated carbocycles. The number of nitrogens with zero attached hydrogens (tertiary/aromatic N) is 1. The van der Waals surface area contributed by atoms with E-state index in [0.717, 1.165) is 5.70 Å². The third kappa shape index (κ3) is 1.92. The number of hydrogen-bond donors (Lipinski definition) is 0. The maximum atomic E-state index is 3.78. The van der Waals surface area contributed by atoms with Gasteiger partial charge in [0, 0.05) is 20.8 Å². The highest BCUT2D eigenvalue weighted by Gasteiger charge is 1.96. The van der Waals surface area contributed by atoms with E-state index < -0.39 is 0 Å². The van der Waals surface area contributed by atoms with Gasteiger partial charge in [-0.2, -0.15) is 0 Å². The molecular formula is C7H14N+. The molecule has 46 valence electrons. The lowest BCUT2D eigenvalue weighted by molar-refractivity contribution is -0.443. The van der Waals surface area contributed by atoms with Gasteiger partial charge in [0.05, 0.1) is 0 Å². The van der Waals surface area contributed by atoms with Gasteiger partial charge in [-0.15, -0.1) is 0 Å². The Labute approximate surface area is 51.3 Å². The number of rotatable bonds is 1. The molecule has 0 atom stereocenters. The molecule has 8 heavy (non-hydrogen) atoms. The Bertz CT molecular complexity index is 127. The molecule has 0 aromatic rings. The summed E-state index contributed by atoms with van der Waals surface area (Å²) >= 11 is 0. The van der Waals surface area contributed by atoms with E-state index in [1.807, 2.05) is 14.0 Å². The van der Waals surface area contributed by atoms with E-state index in [4.69, 9.17) is 0 Å². The van der Waals surface area contributed by atoms with Crippen LogP contribution < -0.4 is 0 Å². The lowest BCUT2D eigenvalue weighted by Gasteiger charge is -1.93. The predicted octanol–water partition coefficient (Wildman–Crippen LogP) is 1.64. The van der Waals surface area contributed by atoms with Crippen molar-refractivity contribution in [2.45, 2.75) is 20.8 Å². The summed E-state index contributed by atoms with van der Waals surface area (Å²) in [7, 11) is 2.01. The molecule has 0 aliphatic heterocycles. The van der Waals surface area contributed by atoms with Crippen LogP contribution in [0.5, 0.6) is 0 Å². The third-order valence-electron chi connectivity index (χ3n) is 1.24. The fourth-order valence-corrected chi connectivity index (χ4v) is 0.382. The van der Waals surface area contributed by atoms with Crippen LogP contribution in [0.1, 0.15) is 20.8 Å². The molecule has 0 bridgehead atoms. The molecule has 0 saturated heterocycles. The second kappa shape index (κ2) is 2.65. The Morgan fingerprint density at radius 2 is 1.62 bits per heavy atom. The Hall–Kier alpha value is -0.590. The van der Waals surface area contributed by atoms with Crippen molar-refractivity contribution in [1.29, 1.82) is 0 Å². The van der Waals surface area contributed by atoms with E-state index in [-0.39, 0.29) is 0 Å². The van der Waals surface area contributed by atoms with Crippen molar-refractivity contribution in [3.8, 4) is 0 Å². The second-order valence-electron chi connectivity index (χ2n) is 2.24. The molecule has 0 heterocycles. The van der Waals surface area contributed by atoms with Crippen LogP contribution in [-0.2, 0) is 0 Å². The van der Waals surface area contributed by atoms with Gasteiger partial charge in [-0.1, -0.05) is 0 Å². The van der Waals surface area contributed by atoms with Crippen molar-refractivity contribution in [2.24, 2.45) is 0 Å². The van der Waals surface area contributed by atoms with E-state index in [9.17, 15) is 0 Å². The molecule has 0 aliphatic rings. The van der Waals surface area contributed by atoms with Crippen molar-refractivity contribution < 1.29 is 4.58 Å². The lowest BCUT2D eigenvalue weighted by atomic mass is 10.4. The first-order valence-electron chi connectivity index (χ1n) is 2.75. The van der Waals surface area contributed by atoms with E-state index in [2.05, 4.69) is 25.0 Å². The predicted molar refractivity (Wildman–Crippen MR) is 37.4 cm³/mol. The van der Waals surface area contributed by atoms with Crippen LogP contribution in [0.4, 0.5) is 0 Å². The Morgan fingerprint density at radius 3 is 1.62 bits per heavy atom. The van der Waals surface area contributed by atoms with Crippen LogP contribution in [0, 0.1) is 0 Å². The number of hydrogen-bond acceptors (Lipinski definition) is 0. The molecule has 0 rings (SSSR count). The molecule has 0 N–H and O–H groups in total. The number of allylic oxidation sites excluding steroid dienone is 1. The van der Waals surface area contributed by atoms with Gasteiger partial charge < -0.3 is 0 Å². The summed E-state index contributed by atoms with van der Waals surface area (Å²) in [5, 5.41) is 0. The molecular weight excluding hydrogens is 98.1 g/mol. The van der Waals surface area contributed by atoms with Gasteiger partial charge in [0.2, 0.25) is 0 Å². The smallest absolute Gasteiger partial charge is 0.170 e. The van der Waals surface area contributed by atoms with Gasteiger partial charge in [-0.3, -0.25) is 0 Å². The summed E-state index contributed by atoms with van der Waals surface area (Å²) in [5.41, 5.74) is 2.36. The monoisotopic (exact) mass is 112 g/mol. The Morgan fingerprint density at radius 1 is 1.25 bits per heavy atom. The van der Waals surface area contributed by atoms with Crippen LogP contribution in [0.15, 0.2) is 12.3 Å². The fourth-order valence-electron chi connectivity index (χ4n) is 0.382. The molecule has 0 amide bonds. The first-order chi connectivity index (χ1) is 3.55. The van der Waals surface area contributed by atoms with Crippen molar-refractivity contribution in [2.75, 3.05) is 7.05 Å². The minimum Gasteiger partial charge on any atom is -0.208 e. The minimum absolute atomic E-state index is 1.09. The maximum absolute atomic E-state index is 3.78. The van der Waals surface area contributed by atoms with E-state index >= 15 is 0 Å². The molecule has 0 fully saturated rings. The molecule has 0 aromatic heterocycles. The SMILES string of the molecule is C=C(C)[N+](C)=C(C)C. The first kappa shape index (κ1) is 7.41. The van der Waals surface area contributed by atoms with Gasteiger partial charge >= 0.3 is 0 Å². The quantitative estimate of drug-likeness (QED) is 0.358. The van der Waals surface area contributed by atoms with Gasteiger partial charge in [-0.25, -0.2) is 4.58 Å². The largest absolute Gasteiger partial charge is 0.208 e. The highest BCUT2D eigenvalue weighted by molar-refractivity contribution is 5.74. The Kier molecular flexibility index (Phi) is 2.46. The molecule has 1 nitrogen and oxygen atoms in total. The van der Waals surface area contributed by atoms with Crippen molar-refractivity contribution >= 4 is 5.71 Å². The van der Waals surface area contributed by atoms with Gasteiger partial charge in [0.15, 0.2) is 11.4 Å². The van der Waals surface area contributed by atoms with Crippen molar-refractivity contribution in [3.05, 3.63) is 12.3 Å². The Balaban J connectivity index is 4.23. The molecule has 1 heteroatoms. The van der Waals surface area contributed by atoms with Gasteiger partial charge in [0.1, 0.15) is 7.05 Å². The molecule has 0 radical (unpaired) electrons. The maximum Gasteiger partial charge on any atom is 0.170 e. The average molecular weight is 112 g/mol. The zero-order valence-electron chi connectivity index (χ0n) is 6.15. The molecule has 0 aromatic carbocycles. The molecule has 0 aliphatic carbocycles. The highest BCUT2D eigenvalue weighted by atomic mass is 15.0. The minimum atomic E-state index is 1.09. The van der Waals surface area contributed by atoms with Gasteiger partial charge in [0.25, 0.3) is 0 Å². The van der Waals surface area contributed by atoms with Gasteiger partial charge in [-0.05, 0) is 6.58 Å². The van der Waals surface area contributed by atoms with E-state index in [1.165, 1.54) is 5.71 Å². The van der Waals surface area contributed by atoms with Crippen LogP contribution in [0.25, 0.3) is 0 Å². The normalized spacial score (nSPS) is 8.50. The fraction of sp³-hybridized carbons (Fsp3) is 0.571. The second-order valence-corrected chi connectivity index (χ2v) is 2.24. The lowest BCUT2D eigenvalue weighted by Crippen LogP contribution is -2.07. The van der Waals surface area contributed by atoms with Crippen LogP contribution >= 0.6 is 0 Å². The zero-order valence-corrected chi connectivity index (χ0v) is 6.15. The summed E-state index contributed by atoms with van der Waals surface area (Å²) in [4.78, 5) is 0. The zero-order chi connectivity index (χ0) is 6.73. The van der Waals surface area contributed by atoms with Crippen LogP contribution in [-0.4, -0.2) is 17.3 Å². The third-order valence-corrected chi connectivity index (χ3v) is 1.24.